The van der Waals surface area contributed by atoms with Crippen molar-refractivity contribution < 1.29 is 24.2 Å². The Bertz CT molecular complexity index is 1150. The number of nitrogens with one attached hydrogen (secondary N) is 1. The fourth-order valence-electron chi connectivity index (χ4n) is 5.13. The van der Waals surface area contributed by atoms with Gasteiger partial charge < -0.3 is 19.6 Å². The number of methoxy groups -OCH3 is 1. The van der Waals surface area contributed by atoms with E-state index in [1.807, 2.05) is 17.0 Å². The fourth-order valence-corrected chi connectivity index (χ4v) is 5.76. The first kappa shape index (κ1) is 23.6. The van der Waals surface area contributed by atoms with Crippen LogP contribution in [0.15, 0.2) is 24.4 Å². The number of likely N-dealkylation sites (tertiary alicyclic amines) is 2. The highest BCUT2D eigenvalue weighted by molar-refractivity contribution is 7.17. The van der Waals surface area contributed by atoms with E-state index in [1.54, 1.807) is 23.1 Å². The third-order valence-corrected chi connectivity index (χ3v) is 8.08. The number of hydrogen-bond donors (Lipinski definition) is 2. The van der Waals surface area contributed by atoms with Crippen LogP contribution in [0.4, 0.5) is 15.6 Å². The van der Waals surface area contributed by atoms with Crippen molar-refractivity contribution in [1.82, 2.24) is 14.8 Å². The number of aliphatic hydroxyl groups is 1. The number of hydrogen-bond acceptors (Lipinski definition) is 7. The number of thiazole rings is 1. The van der Waals surface area contributed by atoms with E-state index >= 15 is 0 Å². The molecule has 0 bridgehead atoms. The second-order valence-electron chi connectivity index (χ2n) is 9.29. The number of rotatable bonds is 6. The number of benzene rings is 1. The van der Waals surface area contributed by atoms with Crippen LogP contribution in [0.5, 0.6) is 5.06 Å². The lowest BCUT2D eigenvalue weighted by atomic mass is 9.80. The maximum Gasteiger partial charge on any atom is 0.328 e. The standard InChI is InChI=1S/C24H29N5O5S/c1-34-21-12-25-22(35-21)26-23(33)29-15-24(7-10-28(14-24)20(32)13-30)17-11-16(3-5-18(17)29)4-6-19(31)27-8-2-9-27/h3,5,11-12,30H,2,4,6-10,13-15H2,1H3,(H,25,26,33). The molecule has 11 heteroatoms. The zero-order valence-corrected chi connectivity index (χ0v) is 20.5. The van der Waals surface area contributed by atoms with Crippen LogP contribution in [0.1, 0.15) is 30.4 Å². The van der Waals surface area contributed by atoms with Crippen molar-refractivity contribution in [3.63, 3.8) is 0 Å². The molecule has 2 N–H and O–H groups in total. The maximum atomic E-state index is 13.3. The summed E-state index contributed by atoms with van der Waals surface area (Å²) in [6.45, 7) is 2.53. The van der Waals surface area contributed by atoms with E-state index in [9.17, 15) is 19.5 Å². The van der Waals surface area contributed by atoms with Crippen molar-refractivity contribution >= 4 is 40.0 Å². The summed E-state index contributed by atoms with van der Waals surface area (Å²) < 4.78 is 5.16. The minimum Gasteiger partial charge on any atom is -0.486 e. The molecule has 4 heterocycles. The van der Waals surface area contributed by atoms with Crippen LogP contribution in [-0.4, -0.2) is 84.2 Å². The van der Waals surface area contributed by atoms with Gasteiger partial charge in [0.1, 0.15) is 6.61 Å². The normalized spacial score (nSPS) is 20.7. The molecule has 2 fully saturated rings. The third-order valence-electron chi connectivity index (χ3n) is 7.21. The predicted octanol–water partition coefficient (Wildman–Crippen LogP) is 1.83. The Morgan fingerprint density at radius 1 is 1.17 bits per heavy atom. The number of fused-ring (bicyclic) bond motifs is 2. The number of carbonyl (C=O) groups excluding carboxylic acids is 3. The minimum absolute atomic E-state index is 0.173. The second-order valence-corrected chi connectivity index (χ2v) is 10.3. The number of nitrogens with zero attached hydrogens (tertiary/aromatic N) is 4. The summed E-state index contributed by atoms with van der Waals surface area (Å²) in [6.07, 6.45) is 4.40. The molecule has 4 amide bonds. The zero-order valence-electron chi connectivity index (χ0n) is 19.7. The molecule has 10 nitrogen and oxygen atoms in total. The van der Waals surface area contributed by atoms with Gasteiger partial charge in [-0.2, -0.15) is 0 Å². The zero-order chi connectivity index (χ0) is 24.6. The topological polar surface area (TPSA) is 115 Å². The molecule has 1 unspecified atom stereocenters. The number of anilines is 2. The summed E-state index contributed by atoms with van der Waals surface area (Å²) in [5.41, 5.74) is 2.42. The molecule has 3 aliphatic heterocycles. The Labute approximate surface area is 207 Å². The van der Waals surface area contributed by atoms with Crippen molar-refractivity contribution in [1.29, 1.82) is 0 Å². The van der Waals surface area contributed by atoms with Crippen molar-refractivity contribution in [2.75, 3.05) is 56.7 Å². The van der Waals surface area contributed by atoms with Gasteiger partial charge in [-0.25, -0.2) is 9.78 Å². The van der Waals surface area contributed by atoms with Crippen LogP contribution >= 0.6 is 11.3 Å². The van der Waals surface area contributed by atoms with E-state index in [2.05, 4.69) is 16.4 Å². The molecule has 1 aromatic heterocycles. The molecule has 1 atom stereocenters. The largest absolute Gasteiger partial charge is 0.486 e. The molecule has 35 heavy (non-hydrogen) atoms. The number of ether oxygens (including phenoxy) is 1. The van der Waals surface area contributed by atoms with Crippen LogP contribution in [-0.2, 0) is 21.4 Å². The smallest absolute Gasteiger partial charge is 0.328 e. The van der Waals surface area contributed by atoms with Crippen LogP contribution in [0, 0.1) is 0 Å². The molecule has 0 aliphatic carbocycles. The summed E-state index contributed by atoms with van der Waals surface area (Å²) in [7, 11) is 1.55. The van der Waals surface area contributed by atoms with Crippen LogP contribution < -0.4 is 15.0 Å². The molecule has 2 aromatic rings. The molecule has 3 aliphatic rings. The Kier molecular flexibility index (Phi) is 6.37. The number of urea groups is 1. The lowest BCUT2D eigenvalue weighted by Gasteiger charge is -2.31. The van der Waals surface area contributed by atoms with E-state index in [1.165, 1.54) is 11.3 Å². The molecule has 1 aromatic carbocycles. The van der Waals surface area contributed by atoms with E-state index in [4.69, 9.17) is 4.74 Å². The van der Waals surface area contributed by atoms with Crippen LogP contribution in [0.3, 0.4) is 0 Å². The molecular weight excluding hydrogens is 470 g/mol. The van der Waals surface area contributed by atoms with E-state index in [0.717, 1.165) is 36.3 Å². The summed E-state index contributed by atoms with van der Waals surface area (Å²) in [6, 6.07) is 5.70. The molecule has 2 saturated heterocycles. The first-order valence-electron chi connectivity index (χ1n) is 11.8. The van der Waals surface area contributed by atoms with Gasteiger partial charge in [-0.05, 0) is 36.5 Å². The predicted molar refractivity (Wildman–Crippen MR) is 131 cm³/mol. The van der Waals surface area contributed by atoms with Gasteiger partial charge >= 0.3 is 6.03 Å². The summed E-state index contributed by atoms with van der Waals surface area (Å²) in [5, 5.41) is 13.3. The highest BCUT2D eigenvalue weighted by Crippen LogP contribution is 2.47. The lowest BCUT2D eigenvalue weighted by Crippen LogP contribution is -2.42. The molecule has 0 saturated carbocycles. The van der Waals surface area contributed by atoms with Crippen LogP contribution in [0.2, 0.25) is 0 Å². The van der Waals surface area contributed by atoms with Crippen molar-refractivity contribution in [3.05, 3.63) is 35.5 Å². The first-order valence-corrected chi connectivity index (χ1v) is 12.6. The van der Waals surface area contributed by atoms with Gasteiger partial charge in [-0.15, -0.1) is 0 Å². The highest BCUT2D eigenvalue weighted by atomic mass is 32.1. The van der Waals surface area contributed by atoms with Gasteiger partial charge in [0.05, 0.1) is 13.3 Å². The summed E-state index contributed by atoms with van der Waals surface area (Å²) >= 11 is 1.24. The average Bonchev–Trinajstić information content (AvgIpc) is 3.54. The lowest BCUT2D eigenvalue weighted by molar-refractivity contribution is -0.134. The Balaban J connectivity index is 1.39. The first-order chi connectivity index (χ1) is 16.9. The van der Waals surface area contributed by atoms with Crippen molar-refractivity contribution in [2.24, 2.45) is 0 Å². The minimum atomic E-state index is -0.530. The van der Waals surface area contributed by atoms with Gasteiger partial charge in [-0.1, -0.05) is 23.5 Å². The number of aryl methyl sites for hydroxylation is 1. The van der Waals surface area contributed by atoms with Gasteiger partial charge in [-0.3, -0.25) is 19.8 Å². The molecule has 1 spiro atoms. The Hall–Kier alpha value is -3.18. The second kappa shape index (κ2) is 9.46. The summed E-state index contributed by atoms with van der Waals surface area (Å²) in [4.78, 5) is 47.3. The van der Waals surface area contributed by atoms with Gasteiger partial charge in [0.2, 0.25) is 11.8 Å². The monoisotopic (exact) mass is 499 g/mol. The van der Waals surface area contributed by atoms with Crippen molar-refractivity contribution in [3.8, 4) is 5.06 Å². The molecule has 0 radical (unpaired) electrons. The molecule has 186 valence electrons. The number of amides is 4. The number of aromatic nitrogens is 1. The van der Waals surface area contributed by atoms with Gasteiger partial charge in [0.25, 0.3) is 0 Å². The number of carbonyl (C=O) groups is 3. The molecular formula is C24H29N5O5S. The highest BCUT2D eigenvalue weighted by Gasteiger charge is 2.49. The van der Waals surface area contributed by atoms with E-state index in [-0.39, 0.29) is 17.8 Å². The van der Waals surface area contributed by atoms with E-state index < -0.39 is 12.0 Å². The van der Waals surface area contributed by atoms with E-state index in [0.29, 0.717) is 49.1 Å². The van der Waals surface area contributed by atoms with Crippen LogP contribution in [0.25, 0.3) is 0 Å². The summed E-state index contributed by atoms with van der Waals surface area (Å²) in [5.74, 6) is -0.135. The third kappa shape index (κ3) is 4.45. The quantitative estimate of drug-likeness (QED) is 0.627. The van der Waals surface area contributed by atoms with Gasteiger partial charge in [0, 0.05) is 50.2 Å². The Morgan fingerprint density at radius 3 is 2.69 bits per heavy atom. The number of aliphatic hydroxyl groups excluding tert-OH is 1. The Morgan fingerprint density at radius 2 is 2.00 bits per heavy atom. The SMILES string of the molecule is COc1cnc(NC(=O)N2CC3(CCN(C(=O)CO)C3)c3cc(CCC(=O)N4CCC4)ccc32)s1. The molecule has 5 rings (SSSR count). The maximum absolute atomic E-state index is 13.3. The van der Waals surface area contributed by atoms with Gasteiger partial charge in [0.15, 0.2) is 10.2 Å². The van der Waals surface area contributed by atoms with Crippen molar-refractivity contribution in [2.45, 2.75) is 31.1 Å². The average molecular weight is 500 g/mol. The fraction of sp³-hybridized carbons (Fsp3) is 0.500.